The van der Waals surface area contributed by atoms with Crippen LogP contribution in [-0.4, -0.2) is 40.9 Å². The van der Waals surface area contributed by atoms with Crippen LogP contribution in [0.15, 0.2) is 6.33 Å². The van der Waals surface area contributed by atoms with E-state index in [9.17, 15) is 4.79 Å². The smallest absolute Gasteiger partial charge is 0.244 e. The fourth-order valence-corrected chi connectivity index (χ4v) is 1.83. The van der Waals surface area contributed by atoms with Crippen LogP contribution in [0.1, 0.15) is 32.3 Å². The first-order chi connectivity index (χ1) is 8.88. The normalized spacial score (nSPS) is 12.2. The number of nitrogens with two attached hydrogens (primary N) is 1. The summed E-state index contributed by atoms with van der Waals surface area (Å²) in [6, 6.07) is -0.368. The van der Waals surface area contributed by atoms with Crippen molar-refractivity contribution in [3.63, 3.8) is 0 Å². The SMILES string of the molecule is CC(Nc1ncnc(NN)c1C(C)C)C(=O)N(C)C. The molecule has 0 aliphatic rings. The van der Waals surface area contributed by atoms with Gasteiger partial charge in [-0.25, -0.2) is 15.8 Å². The summed E-state index contributed by atoms with van der Waals surface area (Å²) in [6.07, 6.45) is 1.41. The fourth-order valence-electron chi connectivity index (χ4n) is 1.83. The summed E-state index contributed by atoms with van der Waals surface area (Å²) < 4.78 is 0. The van der Waals surface area contributed by atoms with Crippen molar-refractivity contribution in [2.45, 2.75) is 32.7 Å². The van der Waals surface area contributed by atoms with E-state index >= 15 is 0 Å². The number of hydrogen-bond donors (Lipinski definition) is 3. The molecule has 19 heavy (non-hydrogen) atoms. The number of likely N-dealkylation sites (N-methyl/N-ethyl adjacent to an activating group) is 1. The van der Waals surface area contributed by atoms with Crippen LogP contribution in [0.5, 0.6) is 0 Å². The highest BCUT2D eigenvalue weighted by molar-refractivity contribution is 5.84. The molecule has 7 nitrogen and oxygen atoms in total. The lowest BCUT2D eigenvalue weighted by molar-refractivity contribution is -0.129. The Morgan fingerprint density at radius 2 is 1.84 bits per heavy atom. The van der Waals surface area contributed by atoms with Gasteiger partial charge in [-0.05, 0) is 12.8 Å². The van der Waals surface area contributed by atoms with Gasteiger partial charge in [0.15, 0.2) is 0 Å². The average Bonchev–Trinajstić information content (AvgIpc) is 2.36. The number of nitrogen functional groups attached to an aromatic ring is 1. The fraction of sp³-hybridized carbons (Fsp3) is 0.583. The predicted molar refractivity (Wildman–Crippen MR) is 75.7 cm³/mol. The standard InChI is InChI=1S/C12H22N6O/c1-7(2)9-10(14-6-15-11(9)17-13)16-8(3)12(19)18(4)5/h6-8H,13H2,1-5H3,(H2,14,15,16,17). The van der Waals surface area contributed by atoms with Gasteiger partial charge >= 0.3 is 0 Å². The Morgan fingerprint density at radius 3 is 2.32 bits per heavy atom. The topological polar surface area (TPSA) is 96.2 Å². The second kappa shape index (κ2) is 6.33. The van der Waals surface area contributed by atoms with E-state index in [0.29, 0.717) is 11.6 Å². The number of nitrogens with zero attached hydrogens (tertiary/aromatic N) is 3. The highest BCUT2D eigenvalue weighted by Gasteiger charge is 2.20. The molecule has 0 aliphatic carbocycles. The Labute approximate surface area is 113 Å². The van der Waals surface area contributed by atoms with Crippen molar-refractivity contribution in [3.8, 4) is 0 Å². The van der Waals surface area contributed by atoms with Gasteiger partial charge in [0.1, 0.15) is 24.0 Å². The molecular weight excluding hydrogens is 244 g/mol. The number of aromatic nitrogens is 2. The number of hydrazine groups is 1. The lowest BCUT2D eigenvalue weighted by atomic mass is 10.0. The zero-order valence-corrected chi connectivity index (χ0v) is 12.1. The molecule has 7 heteroatoms. The Kier molecular flexibility index (Phi) is 5.05. The molecule has 0 radical (unpaired) electrons. The summed E-state index contributed by atoms with van der Waals surface area (Å²) >= 11 is 0. The second-order valence-electron chi connectivity index (χ2n) is 4.88. The number of carbonyl (C=O) groups is 1. The van der Waals surface area contributed by atoms with Gasteiger partial charge in [0.25, 0.3) is 0 Å². The van der Waals surface area contributed by atoms with Gasteiger partial charge in [0.05, 0.1) is 0 Å². The first kappa shape index (κ1) is 15.2. The van der Waals surface area contributed by atoms with E-state index in [1.807, 2.05) is 13.8 Å². The molecule has 1 aromatic rings. The molecule has 1 heterocycles. The molecule has 1 aromatic heterocycles. The maximum atomic E-state index is 11.9. The Hall–Kier alpha value is -1.89. The third-order valence-corrected chi connectivity index (χ3v) is 2.76. The van der Waals surface area contributed by atoms with Gasteiger partial charge in [-0.1, -0.05) is 13.8 Å². The van der Waals surface area contributed by atoms with Crippen LogP contribution in [0.25, 0.3) is 0 Å². The molecule has 1 rings (SSSR count). The summed E-state index contributed by atoms with van der Waals surface area (Å²) in [7, 11) is 3.44. The Balaban J connectivity index is 3.04. The Morgan fingerprint density at radius 1 is 1.26 bits per heavy atom. The zero-order chi connectivity index (χ0) is 14.6. The molecule has 106 valence electrons. The monoisotopic (exact) mass is 266 g/mol. The van der Waals surface area contributed by atoms with Crippen LogP contribution in [0.4, 0.5) is 11.6 Å². The van der Waals surface area contributed by atoms with Crippen molar-refractivity contribution in [1.82, 2.24) is 14.9 Å². The molecule has 1 unspecified atom stereocenters. The predicted octanol–water partition coefficient (Wildman–Crippen LogP) is 0.774. The first-order valence-corrected chi connectivity index (χ1v) is 6.17. The third kappa shape index (κ3) is 3.54. The first-order valence-electron chi connectivity index (χ1n) is 6.17. The minimum atomic E-state index is -0.368. The highest BCUT2D eigenvalue weighted by atomic mass is 16.2. The van der Waals surface area contributed by atoms with E-state index in [0.717, 1.165) is 5.56 Å². The zero-order valence-electron chi connectivity index (χ0n) is 12.1. The van der Waals surface area contributed by atoms with Gasteiger partial charge in [0, 0.05) is 19.7 Å². The lowest BCUT2D eigenvalue weighted by Gasteiger charge is -2.21. The lowest BCUT2D eigenvalue weighted by Crippen LogP contribution is -2.37. The molecule has 4 N–H and O–H groups in total. The van der Waals surface area contributed by atoms with Gasteiger partial charge in [-0.15, -0.1) is 0 Å². The minimum Gasteiger partial charge on any atom is -0.358 e. The third-order valence-electron chi connectivity index (χ3n) is 2.76. The van der Waals surface area contributed by atoms with E-state index in [1.165, 1.54) is 11.2 Å². The molecule has 0 spiro atoms. The van der Waals surface area contributed by atoms with Gasteiger partial charge in [-0.2, -0.15) is 0 Å². The summed E-state index contributed by atoms with van der Waals surface area (Å²) in [6.45, 7) is 5.83. The van der Waals surface area contributed by atoms with E-state index in [-0.39, 0.29) is 17.9 Å². The van der Waals surface area contributed by atoms with E-state index in [2.05, 4.69) is 20.7 Å². The van der Waals surface area contributed by atoms with Crippen molar-refractivity contribution in [1.29, 1.82) is 0 Å². The van der Waals surface area contributed by atoms with Crippen LogP contribution >= 0.6 is 0 Å². The van der Waals surface area contributed by atoms with Crippen LogP contribution in [0.2, 0.25) is 0 Å². The number of amides is 1. The van der Waals surface area contributed by atoms with E-state index in [1.54, 1.807) is 21.0 Å². The summed E-state index contributed by atoms with van der Waals surface area (Å²) in [4.78, 5) is 21.7. The molecule has 0 bridgehead atoms. The van der Waals surface area contributed by atoms with Crippen LogP contribution in [-0.2, 0) is 4.79 Å². The van der Waals surface area contributed by atoms with Gasteiger partial charge in [-0.3, -0.25) is 4.79 Å². The number of rotatable bonds is 5. The van der Waals surface area contributed by atoms with Gasteiger partial charge in [0.2, 0.25) is 5.91 Å². The summed E-state index contributed by atoms with van der Waals surface area (Å²) in [5, 5.41) is 3.11. The number of anilines is 2. The van der Waals surface area contributed by atoms with E-state index in [4.69, 9.17) is 5.84 Å². The second-order valence-corrected chi connectivity index (χ2v) is 4.88. The number of carbonyl (C=O) groups excluding carboxylic acids is 1. The van der Waals surface area contributed by atoms with Crippen molar-refractivity contribution in [3.05, 3.63) is 11.9 Å². The largest absolute Gasteiger partial charge is 0.358 e. The molecule has 0 fully saturated rings. The molecule has 0 saturated carbocycles. The maximum absolute atomic E-state index is 11.9. The molecule has 0 saturated heterocycles. The maximum Gasteiger partial charge on any atom is 0.244 e. The van der Waals surface area contributed by atoms with Crippen LogP contribution in [0, 0.1) is 0 Å². The minimum absolute atomic E-state index is 0.0180. The number of hydrogen-bond acceptors (Lipinski definition) is 6. The van der Waals surface area contributed by atoms with Crippen LogP contribution in [0.3, 0.4) is 0 Å². The molecular formula is C12H22N6O. The van der Waals surface area contributed by atoms with Crippen molar-refractivity contribution >= 4 is 17.5 Å². The average molecular weight is 266 g/mol. The molecule has 0 aromatic carbocycles. The number of nitrogens with one attached hydrogen (secondary N) is 2. The summed E-state index contributed by atoms with van der Waals surface area (Å²) in [5.74, 6) is 6.80. The van der Waals surface area contributed by atoms with Crippen molar-refractivity contribution in [2.24, 2.45) is 5.84 Å². The summed E-state index contributed by atoms with van der Waals surface area (Å²) in [5.41, 5.74) is 3.42. The highest BCUT2D eigenvalue weighted by Crippen LogP contribution is 2.28. The van der Waals surface area contributed by atoms with Crippen molar-refractivity contribution < 1.29 is 4.79 Å². The molecule has 1 amide bonds. The Bertz CT molecular complexity index is 446. The van der Waals surface area contributed by atoms with Gasteiger partial charge < -0.3 is 15.6 Å². The van der Waals surface area contributed by atoms with E-state index < -0.39 is 0 Å². The quantitative estimate of drug-likeness (QED) is 0.538. The molecule has 0 aliphatic heterocycles. The molecule has 1 atom stereocenters. The van der Waals surface area contributed by atoms with Crippen molar-refractivity contribution in [2.75, 3.05) is 24.8 Å². The van der Waals surface area contributed by atoms with Crippen LogP contribution < -0.4 is 16.6 Å².